The predicted octanol–water partition coefficient (Wildman–Crippen LogP) is 2.56. The Morgan fingerprint density at radius 1 is 1.34 bits per heavy atom. The normalized spacial score (nSPS) is 11.1. The van der Waals surface area contributed by atoms with Crippen LogP contribution in [0, 0.1) is 32.8 Å². The third-order valence-electron chi connectivity index (χ3n) is 4.07. The first-order valence-corrected chi connectivity index (χ1v) is 8.33. The van der Waals surface area contributed by atoms with Gasteiger partial charge in [0.15, 0.2) is 0 Å². The quantitative estimate of drug-likeness (QED) is 0.367. The van der Waals surface area contributed by atoms with Crippen LogP contribution in [-0.4, -0.2) is 26.4 Å². The summed E-state index contributed by atoms with van der Waals surface area (Å²) in [5, 5.41) is 43.3. The Balaban J connectivity index is 2.04. The molecule has 2 aromatic heterocycles. The lowest BCUT2D eigenvalue weighted by Gasteiger charge is -1.99. The maximum absolute atomic E-state index is 11.2. The van der Waals surface area contributed by atoms with Crippen LogP contribution in [0.2, 0.25) is 0 Å². The number of benzene rings is 1. The molecule has 3 aromatic rings. The number of aliphatic hydroxyl groups is 1. The number of nitro groups is 1. The lowest BCUT2D eigenvalue weighted by Crippen LogP contribution is -2.07. The number of hydrogen-bond acceptors (Lipinski definition) is 8. The van der Waals surface area contributed by atoms with Crippen molar-refractivity contribution in [3.8, 4) is 23.5 Å². The van der Waals surface area contributed by atoms with E-state index >= 15 is 0 Å². The summed E-state index contributed by atoms with van der Waals surface area (Å²) in [7, 11) is 0. The molecule has 0 radical (unpaired) electrons. The van der Waals surface area contributed by atoms with Gasteiger partial charge < -0.3 is 15.3 Å². The molecule has 3 N–H and O–H groups in total. The molecule has 0 unspecified atom stereocenters. The number of nitrogen functional groups attached to an aromatic ring is 1. The lowest BCUT2D eigenvalue weighted by molar-refractivity contribution is -0.384. The number of aliphatic hydroxyl groups excluding tert-OH is 1. The van der Waals surface area contributed by atoms with Crippen LogP contribution in [0.15, 0.2) is 40.8 Å². The number of nitriles is 2. The van der Waals surface area contributed by atoms with E-state index in [4.69, 9.17) is 15.3 Å². The van der Waals surface area contributed by atoms with Crippen molar-refractivity contribution in [2.45, 2.75) is 6.54 Å². The largest absolute Gasteiger partial charge is 0.456 e. The molecule has 1 aromatic carbocycles. The summed E-state index contributed by atoms with van der Waals surface area (Å²) in [6.45, 7) is -0.166. The summed E-state index contributed by atoms with van der Waals surface area (Å²) in [5.41, 5.74) is 6.13. The van der Waals surface area contributed by atoms with Crippen molar-refractivity contribution in [3.63, 3.8) is 0 Å². The van der Waals surface area contributed by atoms with E-state index in [0.717, 1.165) is 0 Å². The number of anilines is 1. The number of allylic oxidation sites excluding steroid dienone is 1. The summed E-state index contributed by atoms with van der Waals surface area (Å²) < 4.78 is 6.89. The van der Waals surface area contributed by atoms with E-state index < -0.39 is 4.92 Å². The van der Waals surface area contributed by atoms with Crippen molar-refractivity contribution in [3.05, 3.63) is 63.5 Å². The van der Waals surface area contributed by atoms with Gasteiger partial charge in [0.1, 0.15) is 40.7 Å². The average molecular weight is 390 g/mol. The second-order valence-electron chi connectivity index (χ2n) is 5.81. The Bertz CT molecular complexity index is 1190. The maximum atomic E-state index is 11.2. The van der Waals surface area contributed by atoms with E-state index in [2.05, 4.69) is 5.10 Å². The number of nitro benzene ring substituents is 1. The average Bonchev–Trinajstić information content (AvgIpc) is 3.31. The first-order valence-electron chi connectivity index (χ1n) is 8.33. The van der Waals surface area contributed by atoms with Crippen LogP contribution in [0.1, 0.15) is 17.0 Å². The zero-order chi connectivity index (χ0) is 21.0. The van der Waals surface area contributed by atoms with Gasteiger partial charge in [-0.05, 0) is 18.2 Å². The molecule has 3 rings (SSSR count). The van der Waals surface area contributed by atoms with Gasteiger partial charge in [-0.25, -0.2) is 4.68 Å². The highest BCUT2D eigenvalue weighted by Gasteiger charge is 2.20. The van der Waals surface area contributed by atoms with Crippen LogP contribution < -0.4 is 5.73 Å². The Labute approximate surface area is 164 Å². The van der Waals surface area contributed by atoms with Gasteiger partial charge in [-0.3, -0.25) is 10.1 Å². The molecule has 0 aliphatic rings. The topological polar surface area (TPSA) is 168 Å². The Morgan fingerprint density at radius 2 is 2.10 bits per heavy atom. The molecule has 0 bridgehead atoms. The van der Waals surface area contributed by atoms with Crippen LogP contribution in [0.25, 0.3) is 23.0 Å². The standard InChI is InChI=1S/C19H14N6O4/c20-10-12(18-15(11-21)19(22)24(23-18)7-8-26)9-13-5-6-17(29-13)14-3-1-2-4-16(14)25(27)28/h1-6,9,26H,7-8,22H2/b12-9-. The summed E-state index contributed by atoms with van der Waals surface area (Å²) in [5.74, 6) is 0.540. The highest BCUT2D eigenvalue weighted by molar-refractivity contribution is 5.90. The van der Waals surface area contributed by atoms with E-state index in [1.165, 1.54) is 16.8 Å². The summed E-state index contributed by atoms with van der Waals surface area (Å²) >= 11 is 0. The second kappa shape index (κ2) is 8.08. The molecule has 144 valence electrons. The second-order valence-corrected chi connectivity index (χ2v) is 5.81. The number of aromatic nitrogens is 2. The summed E-state index contributed by atoms with van der Waals surface area (Å²) in [6, 6.07) is 13.1. The van der Waals surface area contributed by atoms with Crippen LogP contribution in [0.5, 0.6) is 0 Å². The SMILES string of the molecule is N#C/C(=C/c1ccc(-c2ccccc2[N+](=O)[O-])o1)c1nn(CCO)c(N)c1C#N. The minimum absolute atomic E-state index is 0.0109. The van der Waals surface area contributed by atoms with E-state index in [1.807, 2.05) is 12.1 Å². The van der Waals surface area contributed by atoms with Gasteiger partial charge in [0, 0.05) is 12.1 Å². The van der Waals surface area contributed by atoms with Crippen LogP contribution >= 0.6 is 0 Å². The first kappa shape index (κ1) is 19.4. The summed E-state index contributed by atoms with van der Waals surface area (Å²) in [6.07, 6.45) is 1.37. The van der Waals surface area contributed by atoms with Crippen molar-refractivity contribution in [2.75, 3.05) is 12.3 Å². The Morgan fingerprint density at radius 3 is 2.76 bits per heavy atom. The maximum Gasteiger partial charge on any atom is 0.280 e. The first-order chi connectivity index (χ1) is 14.0. The molecule has 0 amide bonds. The molecule has 0 atom stereocenters. The van der Waals surface area contributed by atoms with E-state index in [-0.39, 0.29) is 53.0 Å². The van der Waals surface area contributed by atoms with E-state index in [1.54, 1.807) is 30.3 Å². The fraction of sp³-hybridized carbons (Fsp3) is 0.105. The molecule has 2 heterocycles. The van der Waals surface area contributed by atoms with Gasteiger partial charge in [-0.2, -0.15) is 15.6 Å². The van der Waals surface area contributed by atoms with Crippen molar-refractivity contribution in [1.29, 1.82) is 10.5 Å². The third-order valence-corrected chi connectivity index (χ3v) is 4.07. The van der Waals surface area contributed by atoms with Crippen molar-refractivity contribution in [2.24, 2.45) is 0 Å². The Kier molecular flexibility index (Phi) is 5.39. The fourth-order valence-electron chi connectivity index (χ4n) is 2.75. The molecule has 29 heavy (non-hydrogen) atoms. The highest BCUT2D eigenvalue weighted by Crippen LogP contribution is 2.32. The van der Waals surface area contributed by atoms with Gasteiger partial charge >= 0.3 is 0 Å². The molecule has 0 saturated carbocycles. The summed E-state index contributed by atoms with van der Waals surface area (Å²) in [4.78, 5) is 10.7. The third kappa shape index (κ3) is 3.69. The number of rotatable bonds is 6. The van der Waals surface area contributed by atoms with Crippen LogP contribution in [0.4, 0.5) is 11.5 Å². The molecular weight excluding hydrogens is 376 g/mol. The minimum atomic E-state index is -0.510. The zero-order valence-electron chi connectivity index (χ0n) is 14.9. The van der Waals surface area contributed by atoms with Gasteiger partial charge in [-0.15, -0.1) is 0 Å². The molecule has 0 saturated heterocycles. The van der Waals surface area contributed by atoms with E-state index in [0.29, 0.717) is 5.56 Å². The monoisotopic (exact) mass is 390 g/mol. The molecular formula is C19H14N6O4. The van der Waals surface area contributed by atoms with Gasteiger partial charge in [0.25, 0.3) is 5.69 Å². The number of nitrogens with two attached hydrogens (primary N) is 1. The fourth-order valence-corrected chi connectivity index (χ4v) is 2.75. The molecule has 0 fully saturated rings. The Hall–Kier alpha value is -4.41. The number of hydrogen-bond donors (Lipinski definition) is 2. The number of nitrogens with zero attached hydrogens (tertiary/aromatic N) is 5. The van der Waals surface area contributed by atoms with Crippen LogP contribution in [0.3, 0.4) is 0 Å². The zero-order valence-corrected chi connectivity index (χ0v) is 14.9. The molecule has 0 aliphatic carbocycles. The van der Waals surface area contributed by atoms with Crippen molar-refractivity contribution in [1.82, 2.24) is 9.78 Å². The number of furan rings is 1. The van der Waals surface area contributed by atoms with E-state index in [9.17, 15) is 20.6 Å². The molecule has 0 spiro atoms. The highest BCUT2D eigenvalue weighted by atomic mass is 16.6. The smallest absolute Gasteiger partial charge is 0.280 e. The molecule has 10 heteroatoms. The molecule has 10 nitrogen and oxygen atoms in total. The lowest BCUT2D eigenvalue weighted by atomic mass is 10.1. The van der Waals surface area contributed by atoms with Crippen molar-refractivity contribution >= 4 is 23.2 Å². The molecule has 0 aliphatic heterocycles. The number of para-hydroxylation sites is 1. The predicted molar refractivity (Wildman–Crippen MR) is 103 cm³/mol. The van der Waals surface area contributed by atoms with Gasteiger partial charge in [0.05, 0.1) is 29.2 Å². The van der Waals surface area contributed by atoms with Crippen LogP contribution in [-0.2, 0) is 6.54 Å². The van der Waals surface area contributed by atoms with Gasteiger partial charge in [-0.1, -0.05) is 12.1 Å². The van der Waals surface area contributed by atoms with Gasteiger partial charge in [0.2, 0.25) is 0 Å². The minimum Gasteiger partial charge on any atom is -0.456 e. The van der Waals surface area contributed by atoms with Crippen molar-refractivity contribution < 1.29 is 14.4 Å².